The predicted octanol–water partition coefficient (Wildman–Crippen LogP) is 21.0. The summed E-state index contributed by atoms with van der Waals surface area (Å²) in [6, 6.07) is 59.3. The van der Waals surface area contributed by atoms with E-state index in [4.69, 9.17) is 0 Å². The van der Waals surface area contributed by atoms with Gasteiger partial charge in [-0.25, -0.2) is 0 Å². The van der Waals surface area contributed by atoms with Crippen LogP contribution in [-0.4, -0.2) is 11.3 Å². The van der Waals surface area contributed by atoms with Crippen molar-refractivity contribution in [2.75, 3.05) is 9.80 Å². The minimum Gasteiger partial charge on any atom is -0.311 e. The molecule has 10 aromatic rings. The van der Waals surface area contributed by atoms with Gasteiger partial charge in [0, 0.05) is 53.9 Å². The Hall–Kier alpha value is -6.82. The molecule has 4 heterocycles. The molecule has 3 aliphatic carbocycles. The highest BCUT2D eigenvalue weighted by Crippen LogP contribution is 2.63. The summed E-state index contributed by atoms with van der Waals surface area (Å²) in [6.07, 6.45) is 6.02. The lowest BCUT2D eigenvalue weighted by molar-refractivity contribution is 0.332. The summed E-state index contributed by atoms with van der Waals surface area (Å²) in [5, 5.41) is 3.96. The third-order valence-corrected chi connectivity index (χ3v) is 23.2. The van der Waals surface area contributed by atoms with Crippen molar-refractivity contribution < 1.29 is 0 Å². The van der Waals surface area contributed by atoms with E-state index in [2.05, 4.69) is 296 Å². The summed E-state index contributed by atoms with van der Waals surface area (Å²) in [7, 11) is 0. The van der Waals surface area contributed by atoms with Crippen molar-refractivity contribution in [3.63, 3.8) is 0 Å². The molecule has 0 spiro atoms. The lowest BCUT2D eigenvalue weighted by atomic mass is 9.36. The summed E-state index contributed by atoms with van der Waals surface area (Å²) in [4.78, 5) is 5.52. The topological polar surface area (TPSA) is 11.4 Å². The fraction of sp³-hybridized carbons (Fsp3) is 0.383. The Kier molecular flexibility index (Phi) is 11.6. The Balaban J connectivity index is 1.15. The molecule has 2 unspecified atom stereocenters. The summed E-state index contributed by atoms with van der Waals surface area (Å²) in [5.41, 5.74) is 28.2. The molecule has 5 heteroatoms. The van der Waals surface area contributed by atoms with Gasteiger partial charge in [-0.15, -0.1) is 11.3 Å². The Labute approximate surface area is 518 Å². The molecule has 2 atom stereocenters. The van der Waals surface area contributed by atoms with Gasteiger partial charge in [-0.1, -0.05) is 203 Å². The highest BCUT2D eigenvalue weighted by molar-refractivity contribution is 7.33. The Morgan fingerprint density at radius 1 is 0.419 bits per heavy atom. The quantitative estimate of drug-likeness (QED) is 0.163. The first-order valence-corrected chi connectivity index (χ1v) is 33.1. The van der Waals surface area contributed by atoms with E-state index in [1.165, 1.54) is 151 Å². The number of fused-ring (bicyclic) bond motifs is 15. The minimum atomic E-state index is -0.0709. The molecule has 1 saturated carbocycles. The van der Waals surface area contributed by atoms with Gasteiger partial charge in [0.15, 0.2) is 0 Å². The van der Waals surface area contributed by atoms with E-state index in [0.717, 1.165) is 12.8 Å². The van der Waals surface area contributed by atoms with Crippen molar-refractivity contribution >= 4 is 99.8 Å². The lowest BCUT2D eigenvalue weighted by Gasteiger charge is -2.46. The average Bonchev–Trinajstić information content (AvgIpc) is 1.30. The first-order valence-electron chi connectivity index (χ1n) is 32.3. The lowest BCUT2D eigenvalue weighted by Crippen LogP contribution is -2.60. The summed E-state index contributed by atoms with van der Waals surface area (Å²) in [5.74, 6) is 0. The van der Waals surface area contributed by atoms with Gasteiger partial charge in [0.05, 0.1) is 28.1 Å². The Morgan fingerprint density at radius 2 is 0.930 bits per heavy atom. The van der Waals surface area contributed by atoms with E-state index < -0.39 is 0 Å². The molecule has 3 nitrogen and oxygen atoms in total. The number of anilines is 6. The third kappa shape index (κ3) is 8.17. The van der Waals surface area contributed by atoms with Crippen LogP contribution in [-0.2, 0) is 43.3 Å². The van der Waals surface area contributed by atoms with E-state index in [0.29, 0.717) is 0 Å². The number of hydrogen-bond donors (Lipinski definition) is 0. The molecule has 86 heavy (non-hydrogen) atoms. The first kappa shape index (κ1) is 55.7. The van der Waals surface area contributed by atoms with Crippen molar-refractivity contribution in [3.8, 4) is 16.8 Å². The maximum absolute atomic E-state index is 2.85. The number of rotatable bonds is 4. The van der Waals surface area contributed by atoms with E-state index in [-0.39, 0.29) is 50.0 Å². The van der Waals surface area contributed by atoms with Crippen LogP contribution in [0.1, 0.15) is 201 Å². The van der Waals surface area contributed by atoms with E-state index >= 15 is 0 Å². The molecule has 0 radical (unpaired) electrons. The first-order chi connectivity index (χ1) is 40.3. The van der Waals surface area contributed by atoms with Gasteiger partial charge in [0.2, 0.25) is 0 Å². The third-order valence-electron chi connectivity index (χ3n) is 22.0. The summed E-state index contributed by atoms with van der Waals surface area (Å²) in [6.45, 7) is 43.5. The van der Waals surface area contributed by atoms with Crippen LogP contribution >= 0.6 is 11.3 Å². The molecule has 2 bridgehead atoms. The zero-order valence-corrected chi connectivity index (χ0v) is 55.5. The van der Waals surface area contributed by atoms with Crippen LogP contribution in [0.4, 0.5) is 34.1 Å². The second-order valence-electron chi connectivity index (χ2n) is 33.2. The highest BCUT2D eigenvalue weighted by Gasteiger charge is 2.54. The van der Waals surface area contributed by atoms with Gasteiger partial charge in [-0.3, -0.25) is 0 Å². The van der Waals surface area contributed by atoms with Crippen LogP contribution in [0.5, 0.6) is 0 Å². The molecule has 2 aromatic heterocycles. The van der Waals surface area contributed by atoms with Crippen molar-refractivity contribution in [1.29, 1.82) is 0 Å². The molecule has 15 rings (SSSR count). The predicted molar refractivity (Wildman–Crippen MR) is 374 cm³/mol. The average molecular weight is 1150 g/mol. The molecule has 1 fully saturated rings. The Morgan fingerprint density at radius 3 is 1.50 bits per heavy atom. The minimum absolute atomic E-state index is 0.000236. The molecular formula is C81H88BN3S. The monoisotopic (exact) mass is 1150 g/mol. The van der Waals surface area contributed by atoms with Crippen LogP contribution in [0.3, 0.4) is 0 Å². The number of benzene rings is 8. The van der Waals surface area contributed by atoms with Gasteiger partial charge in [-0.05, 0) is 203 Å². The summed E-state index contributed by atoms with van der Waals surface area (Å²) >= 11 is 2.08. The van der Waals surface area contributed by atoms with E-state index in [9.17, 15) is 0 Å². The fourth-order valence-corrected chi connectivity index (χ4v) is 18.0. The van der Waals surface area contributed by atoms with E-state index in [1.54, 1.807) is 11.1 Å². The number of thiophene rings is 1. The van der Waals surface area contributed by atoms with Crippen molar-refractivity contribution in [3.05, 3.63) is 190 Å². The van der Waals surface area contributed by atoms with Crippen LogP contribution in [0, 0.1) is 0 Å². The van der Waals surface area contributed by atoms with Gasteiger partial charge in [0.1, 0.15) is 0 Å². The van der Waals surface area contributed by atoms with Crippen molar-refractivity contribution in [2.24, 2.45) is 0 Å². The number of nitrogens with zero attached hydrogens (tertiary/aromatic N) is 3. The zero-order valence-electron chi connectivity index (χ0n) is 54.7. The van der Waals surface area contributed by atoms with Gasteiger partial charge < -0.3 is 14.4 Å². The van der Waals surface area contributed by atoms with Gasteiger partial charge in [0.25, 0.3) is 6.71 Å². The maximum atomic E-state index is 2.85. The molecule has 0 amide bonds. The zero-order chi connectivity index (χ0) is 60.5. The van der Waals surface area contributed by atoms with Crippen LogP contribution in [0.25, 0.3) is 48.7 Å². The molecule has 0 saturated heterocycles. The molecule has 5 aliphatic rings. The Bertz CT molecular complexity index is 4450. The number of hydrogen-bond acceptors (Lipinski definition) is 3. The van der Waals surface area contributed by atoms with Gasteiger partial charge >= 0.3 is 0 Å². The maximum Gasteiger partial charge on any atom is 0.264 e. The molecular weight excluding hydrogens is 1060 g/mol. The smallest absolute Gasteiger partial charge is 0.264 e. The van der Waals surface area contributed by atoms with Crippen LogP contribution < -0.4 is 25.5 Å². The fourth-order valence-electron chi connectivity index (χ4n) is 16.7. The van der Waals surface area contributed by atoms with Crippen molar-refractivity contribution in [1.82, 2.24) is 4.57 Å². The largest absolute Gasteiger partial charge is 0.311 e. The van der Waals surface area contributed by atoms with Crippen LogP contribution in [0.15, 0.2) is 146 Å². The number of aromatic nitrogens is 1. The summed E-state index contributed by atoms with van der Waals surface area (Å²) < 4.78 is 5.52. The SMILES string of the molecule is CC(C)(C)c1ccc(N2c3ccc(C(C)(C)C)cc3B3c4sc5cc6c(cc5c4N(c4cc5c(cc4-c4ccccc4)C(C)(C)CCC5(C)C)c4cc(-n5c7cc(C(C)(C)C)ccc7c7ccc(C(C)(C)C)cc75)cc2c43)C2(C)CCC6(C)C2)cc1. The van der Waals surface area contributed by atoms with Gasteiger partial charge in [-0.2, -0.15) is 0 Å². The normalized spacial score (nSPS) is 20.2. The molecule has 2 aliphatic heterocycles. The molecule has 8 aromatic carbocycles. The molecule has 436 valence electrons. The highest BCUT2D eigenvalue weighted by atomic mass is 32.1. The van der Waals surface area contributed by atoms with Crippen molar-refractivity contribution in [2.45, 2.75) is 200 Å². The van der Waals surface area contributed by atoms with E-state index in [1.807, 2.05) is 0 Å². The molecule has 0 N–H and O–H groups in total. The second kappa shape index (κ2) is 17.9. The standard InChI is InChI=1S/C81H88BN3S/c1-74(2,3)49-24-29-53(30-25-49)83-64-33-28-50(75(4,5)6)38-63(64)82-71-68(83)41-54(84-65-39-51(76(7,8)9)26-31-55(65)56-32-27-52(40-66(56)84)77(10,11)12)42-69(71)85(72-58-44-61-62(46-70(58)86-73(72)82)81(18)37-36-80(61,17)47-81)67-45-60-59(78(13,14)34-35-79(60,15)16)43-57(67)48-22-20-19-21-23-48/h19-33,38-46H,34-37,47H2,1-18H3. The van der Waals surface area contributed by atoms with Crippen LogP contribution in [0.2, 0.25) is 0 Å². The second-order valence-corrected chi connectivity index (χ2v) is 34.3.